The van der Waals surface area contributed by atoms with Gasteiger partial charge in [-0.2, -0.15) is 0 Å². The first-order valence-electron chi connectivity index (χ1n) is 8.58. The van der Waals surface area contributed by atoms with E-state index in [1.165, 1.54) is 23.2 Å². The normalized spacial score (nSPS) is 13.4. The predicted octanol–water partition coefficient (Wildman–Crippen LogP) is 4.15. The fourth-order valence-electron chi connectivity index (χ4n) is 3.23. The number of hydrogen-bond donors (Lipinski definition) is 0. The van der Waals surface area contributed by atoms with E-state index in [1.54, 1.807) is 12.4 Å². The maximum Gasteiger partial charge on any atom is 0.222 e. The lowest BCUT2D eigenvalue weighted by Gasteiger charge is -2.27. The molecule has 0 spiro atoms. The summed E-state index contributed by atoms with van der Waals surface area (Å²) >= 11 is 5.69. The average Bonchev–Trinajstić information content (AvgIpc) is 2.68. The van der Waals surface area contributed by atoms with Gasteiger partial charge in [0.15, 0.2) is 5.75 Å². The quantitative estimate of drug-likeness (QED) is 0.649. The summed E-state index contributed by atoms with van der Waals surface area (Å²) < 4.78 is 5.71. The van der Waals surface area contributed by atoms with E-state index in [4.69, 9.17) is 16.3 Å². The standard InChI is InChI=1S/C20H19ClN4O/c1-25-6-2-3-16-8-15(4-5-19(16)25)17-7-14(9-22-10-17)13-26-18-11-23-20(21)24-12-18/h4-5,7-12H,2-3,6,13H2,1H3. The average molecular weight is 367 g/mol. The van der Waals surface area contributed by atoms with Crippen LogP contribution in [0.3, 0.4) is 0 Å². The first-order valence-corrected chi connectivity index (χ1v) is 8.95. The molecule has 0 fully saturated rings. The Morgan fingerprint density at radius 2 is 1.92 bits per heavy atom. The highest BCUT2D eigenvalue weighted by Gasteiger charge is 2.14. The second kappa shape index (κ2) is 7.30. The highest BCUT2D eigenvalue weighted by molar-refractivity contribution is 6.28. The molecule has 1 aromatic carbocycles. The smallest absolute Gasteiger partial charge is 0.222 e. The van der Waals surface area contributed by atoms with Crippen molar-refractivity contribution in [1.82, 2.24) is 15.0 Å². The van der Waals surface area contributed by atoms with Gasteiger partial charge in [0.25, 0.3) is 0 Å². The van der Waals surface area contributed by atoms with E-state index in [0.717, 1.165) is 24.1 Å². The summed E-state index contributed by atoms with van der Waals surface area (Å²) in [4.78, 5) is 14.5. The summed E-state index contributed by atoms with van der Waals surface area (Å²) in [7, 11) is 2.15. The molecule has 4 rings (SSSR count). The van der Waals surface area contributed by atoms with Crippen molar-refractivity contribution in [2.24, 2.45) is 0 Å². The third-order valence-corrected chi connectivity index (χ3v) is 4.76. The number of anilines is 1. The molecule has 1 aliphatic heterocycles. The number of ether oxygens (including phenoxy) is 1. The number of benzene rings is 1. The van der Waals surface area contributed by atoms with Crippen LogP contribution in [-0.2, 0) is 13.0 Å². The fraction of sp³-hybridized carbons (Fsp3) is 0.250. The fourth-order valence-corrected chi connectivity index (χ4v) is 3.33. The Morgan fingerprint density at radius 1 is 1.08 bits per heavy atom. The Balaban J connectivity index is 1.53. The van der Waals surface area contributed by atoms with E-state index in [2.05, 4.69) is 51.2 Å². The van der Waals surface area contributed by atoms with Crippen LogP contribution in [0.1, 0.15) is 17.5 Å². The summed E-state index contributed by atoms with van der Waals surface area (Å²) in [6.45, 7) is 1.52. The number of pyridine rings is 1. The van der Waals surface area contributed by atoms with E-state index >= 15 is 0 Å². The van der Waals surface area contributed by atoms with Crippen LogP contribution in [0.25, 0.3) is 11.1 Å². The summed E-state index contributed by atoms with van der Waals surface area (Å²) in [5.74, 6) is 0.580. The van der Waals surface area contributed by atoms with Gasteiger partial charge in [0.1, 0.15) is 6.61 Å². The minimum atomic E-state index is 0.207. The second-order valence-corrected chi connectivity index (χ2v) is 6.76. The maximum atomic E-state index is 5.71. The molecule has 3 aromatic rings. The van der Waals surface area contributed by atoms with Crippen molar-refractivity contribution in [2.75, 3.05) is 18.5 Å². The van der Waals surface area contributed by atoms with Crippen LogP contribution < -0.4 is 9.64 Å². The molecular formula is C20H19ClN4O. The predicted molar refractivity (Wildman–Crippen MR) is 103 cm³/mol. The lowest BCUT2D eigenvalue weighted by atomic mass is 9.97. The first kappa shape index (κ1) is 16.8. The highest BCUT2D eigenvalue weighted by atomic mass is 35.5. The maximum absolute atomic E-state index is 5.71. The molecule has 0 aliphatic carbocycles. The first-order chi connectivity index (χ1) is 12.7. The molecule has 0 unspecified atom stereocenters. The third kappa shape index (κ3) is 3.63. The van der Waals surface area contributed by atoms with Gasteiger partial charge < -0.3 is 9.64 Å². The van der Waals surface area contributed by atoms with E-state index in [1.807, 2.05) is 12.4 Å². The van der Waals surface area contributed by atoms with Crippen molar-refractivity contribution in [2.45, 2.75) is 19.4 Å². The van der Waals surface area contributed by atoms with Gasteiger partial charge in [-0.1, -0.05) is 6.07 Å². The molecule has 0 amide bonds. The zero-order valence-corrected chi connectivity index (χ0v) is 15.3. The summed E-state index contributed by atoms with van der Waals surface area (Å²) in [6, 6.07) is 8.76. The SMILES string of the molecule is CN1CCCc2cc(-c3cncc(COc4cnc(Cl)nc4)c3)ccc21. The number of halogens is 1. The van der Waals surface area contributed by atoms with Crippen LogP contribution in [0.15, 0.2) is 49.1 Å². The van der Waals surface area contributed by atoms with Crippen molar-refractivity contribution < 1.29 is 4.74 Å². The van der Waals surface area contributed by atoms with Gasteiger partial charge in [-0.05, 0) is 53.8 Å². The molecule has 26 heavy (non-hydrogen) atoms. The van der Waals surface area contributed by atoms with Crippen LogP contribution in [0.5, 0.6) is 5.75 Å². The molecule has 5 nitrogen and oxygen atoms in total. The lowest BCUT2D eigenvalue weighted by Crippen LogP contribution is -2.24. The second-order valence-electron chi connectivity index (χ2n) is 6.43. The highest BCUT2D eigenvalue weighted by Crippen LogP contribution is 2.31. The van der Waals surface area contributed by atoms with Gasteiger partial charge in [0.2, 0.25) is 5.28 Å². The Labute approximate surface area is 157 Å². The molecular weight excluding hydrogens is 348 g/mol. The Hall–Kier alpha value is -2.66. The van der Waals surface area contributed by atoms with Crippen molar-refractivity contribution in [3.05, 3.63) is 65.5 Å². The summed E-state index contributed by atoms with van der Waals surface area (Å²) in [5.41, 5.74) is 6.00. The van der Waals surface area contributed by atoms with E-state index in [-0.39, 0.29) is 5.28 Å². The van der Waals surface area contributed by atoms with Crippen molar-refractivity contribution in [1.29, 1.82) is 0 Å². The van der Waals surface area contributed by atoms with Crippen LogP contribution in [-0.4, -0.2) is 28.5 Å². The van der Waals surface area contributed by atoms with Gasteiger partial charge >= 0.3 is 0 Å². The van der Waals surface area contributed by atoms with Crippen LogP contribution in [0.2, 0.25) is 5.28 Å². The number of aromatic nitrogens is 3. The number of nitrogens with zero attached hydrogens (tertiary/aromatic N) is 4. The van der Waals surface area contributed by atoms with Gasteiger partial charge in [-0.25, -0.2) is 9.97 Å². The largest absolute Gasteiger partial charge is 0.486 e. The van der Waals surface area contributed by atoms with E-state index in [0.29, 0.717) is 12.4 Å². The Bertz CT molecular complexity index is 914. The van der Waals surface area contributed by atoms with Gasteiger partial charge in [0.05, 0.1) is 12.4 Å². The third-order valence-electron chi connectivity index (χ3n) is 4.56. The molecule has 0 saturated heterocycles. The van der Waals surface area contributed by atoms with Gasteiger partial charge in [-0.15, -0.1) is 0 Å². The van der Waals surface area contributed by atoms with Crippen molar-refractivity contribution in [3.63, 3.8) is 0 Å². The van der Waals surface area contributed by atoms with E-state index < -0.39 is 0 Å². The molecule has 1 aliphatic rings. The van der Waals surface area contributed by atoms with Crippen LogP contribution >= 0.6 is 11.6 Å². The molecule has 0 atom stereocenters. The minimum Gasteiger partial charge on any atom is -0.486 e. The topological polar surface area (TPSA) is 51.1 Å². The number of fused-ring (bicyclic) bond motifs is 1. The summed E-state index contributed by atoms with van der Waals surface area (Å²) in [6.07, 6.45) is 9.15. The Morgan fingerprint density at radius 3 is 2.77 bits per heavy atom. The lowest BCUT2D eigenvalue weighted by molar-refractivity contribution is 0.303. The number of hydrogen-bond acceptors (Lipinski definition) is 5. The zero-order chi connectivity index (χ0) is 17.9. The summed E-state index contributed by atoms with van der Waals surface area (Å²) in [5, 5.41) is 0.207. The van der Waals surface area contributed by atoms with Gasteiger partial charge in [0, 0.05) is 42.8 Å². The van der Waals surface area contributed by atoms with E-state index in [9.17, 15) is 0 Å². The van der Waals surface area contributed by atoms with Gasteiger partial charge in [-0.3, -0.25) is 4.98 Å². The van der Waals surface area contributed by atoms with Crippen molar-refractivity contribution >= 4 is 17.3 Å². The van der Waals surface area contributed by atoms with Crippen LogP contribution in [0.4, 0.5) is 5.69 Å². The molecule has 6 heteroatoms. The molecule has 0 bridgehead atoms. The zero-order valence-electron chi connectivity index (χ0n) is 14.5. The molecule has 132 valence electrons. The molecule has 0 saturated carbocycles. The molecule has 3 heterocycles. The minimum absolute atomic E-state index is 0.207. The van der Waals surface area contributed by atoms with Crippen LogP contribution in [0, 0.1) is 0 Å². The molecule has 0 N–H and O–H groups in total. The molecule has 0 radical (unpaired) electrons. The Kier molecular flexibility index (Phi) is 4.71. The van der Waals surface area contributed by atoms with Crippen molar-refractivity contribution in [3.8, 4) is 16.9 Å². The number of aryl methyl sites for hydroxylation is 1. The number of rotatable bonds is 4. The monoisotopic (exact) mass is 366 g/mol. The molecule has 2 aromatic heterocycles.